The van der Waals surface area contributed by atoms with Crippen molar-refractivity contribution in [3.8, 4) is 0 Å². The molecule has 1 rings (SSSR count). The van der Waals surface area contributed by atoms with Crippen LogP contribution in [0.5, 0.6) is 0 Å². The molecule has 82 valence electrons. The molecule has 1 nitrogen and oxygen atoms in total. The Morgan fingerprint density at radius 3 is 2.40 bits per heavy atom. The maximum Gasteiger partial charge on any atom is 0.166 e. The van der Waals surface area contributed by atoms with E-state index in [1.54, 1.807) is 0 Å². The van der Waals surface area contributed by atoms with E-state index in [9.17, 15) is 0 Å². The highest BCUT2D eigenvalue weighted by Crippen LogP contribution is 2.28. The highest BCUT2D eigenvalue weighted by atomic mass is 28.2. The van der Waals surface area contributed by atoms with Crippen LogP contribution in [-0.4, -0.2) is 16.9 Å². The summed E-state index contributed by atoms with van der Waals surface area (Å²) in [6.45, 7) is 8.32. The van der Waals surface area contributed by atoms with E-state index in [0.717, 1.165) is 6.42 Å². The molecular weight excluding hydrogens is 200 g/mol. The summed E-state index contributed by atoms with van der Waals surface area (Å²) in [5, 5.41) is 0.338. The number of hydrogen-bond acceptors (Lipinski definition) is 1. The first-order valence-electron chi connectivity index (χ1n) is 5.28. The van der Waals surface area contributed by atoms with Crippen LogP contribution in [0.3, 0.4) is 0 Å². The van der Waals surface area contributed by atoms with Crippen LogP contribution in [0.15, 0.2) is 30.8 Å². The van der Waals surface area contributed by atoms with Crippen molar-refractivity contribution in [2.24, 2.45) is 0 Å². The molecule has 0 aliphatic carbocycles. The van der Waals surface area contributed by atoms with Crippen LogP contribution in [0.25, 0.3) is 6.08 Å². The summed E-state index contributed by atoms with van der Waals surface area (Å²) >= 11 is 0. The summed E-state index contributed by atoms with van der Waals surface area (Å²) in [6, 6.07) is 8.60. The van der Waals surface area contributed by atoms with Gasteiger partial charge in [0.25, 0.3) is 0 Å². The van der Waals surface area contributed by atoms with Gasteiger partial charge in [-0.15, -0.1) is 0 Å². The minimum absolute atomic E-state index is 0.338. The largest absolute Gasteiger partial charge is 0.427 e. The molecule has 0 amide bonds. The Labute approximate surface area is 95.1 Å². The Kier molecular flexibility index (Phi) is 4.30. The van der Waals surface area contributed by atoms with E-state index in [0.29, 0.717) is 5.04 Å². The fraction of sp³-hybridized carbons (Fsp3) is 0.385. The highest BCUT2D eigenvalue weighted by Gasteiger charge is 2.18. The zero-order valence-corrected chi connectivity index (χ0v) is 11.3. The first-order valence-corrected chi connectivity index (χ1v) is 6.56. The summed E-state index contributed by atoms with van der Waals surface area (Å²) in [5.74, 6) is 0. The van der Waals surface area contributed by atoms with Gasteiger partial charge in [-0.1, -0.05) is 50.8 Å². The maximum atomic E-state index is 5.35. The summed E-state index contributed by atoms with van der Waals surface area (Å²) in [4.78, 5) is 0. The van der Waals surface area contributed by atoms with E-state index in [4.69, 9.17) is 4.43 Å². The van der Waals surface area contributed by atoms with Crippen molar-refractivity contribution in [2.45, 2.75) is 25.3 Å². The maximum absolute atomic E-state index is 5.35. The fourth-order valence-corrected chi connectivity index (χ4v) is 2.94. The van der Waals surface area contributed by atoms with Gasteiger partial charge in [0.15, 0.2) is 9.76 Å². The third kappa shape index (κ3) is 4.02. The lowest BCUT2D eigenvalue weighted by molar-refractivity contribution is 0.409. The lowest BCUT2D eigenvalue weighted by Gasteiger charge is -2.22. The molecule has 0 atom stereocenters. The Hall–Kier alpha value is -0.863. The zero-order chi connectivity index (χ0) is 11.3. The molecule has 0 heterocycles. The zero-order valence-electron chi connectivity index (χ0n) is 9.92. The van der Waals surface area contributed by atoms with Gasteiger partial charge in [0.05, 0.1) is 0 Å². The lowest BCUT2D eigenvalue weighted by Crippen LogP contribution is -2.17. The average molecular weight is 220 g/mol. The van der Waals surface area contributed by atoms with Crippen LogP contribution in [-0.2, 0) is 10.8 Å². The third-order valence-corrected chi connectivity index (χ3v) is 3.75. The van der Waals surface area contributed by atoms with Gasteiger partial charge in [0, 0.05) is 7.11 Å². The van der Waals surface area contributed by atoms with Crippen LogP contribution >= 0.6 is 0 Å². The predicted molar refractivity (Wildman–Crippen MR) is 69.8 cm³/mol. The van der Waals surface area contributed by atoms with E-state index < -0.39 is 9.76 Å². The van der Waals surface area contributed by atoms with Gasteiger partial charge < -0.3 is 4.43 Å². The summed E-state index contributed by atoms with van der Waals surface area (Å²) < 4.78 is 5.35. The highest BCUT2D eigenvalue weighted by molar-refractivity contribution is 6.31. The molecule has 1 aromatic carbocycles. The van der Waals surface area contributed by atoms with Crippen LogP contribution in [0, 0.1) is 0 Å². The van der Waals surface area contributed by atoms with E-state index in [2.05, 4.69) is 44.7 Å². The molecule has 0 spiro atoms. The molecule has 0 unspecified atom stereocenters. The molecule has 15 heavy (non-hydrogen) atoms. The molecule has 0 aromatic heterocycles. The average Bonchev–Trinajstić information content (AvgIpc) is 2.18. The SMILES string of the molecule is C=Cc1ccc(CC(C)(C)[SiH2]OC)cc1. The smallest absolute Gasteiger partial charge is 0.166 e. The fourth-order valence-electron chi connectivity index (χ4n) is 1.77. The molecule has 0 saturated heterocycles. The Morgan fingerprint density at radius 1 is 1.33 bits per heavy atom. The Balaban J connectivity index is 2.68. The molecular formula is C13H20OSi. The second kappa shape index (κ2) is 5.28. The van der Waals surface area contributed by atoms with Crippen LogP contribution < -0.4 is 0 Å². The molecule has 2 heteroatoms. The number of hydrogen-bond donors (Lipinski definition) is 0. The molecule has 0 radical (unpaired) electrons. The molecule has 1 aromatic rings. The van der Waals surface area contributed by atoms with E-state index in [1.165, 1.54) is 11.1 Å². The van der Waals surface area contributed by atoms with Gasteiger partial charge in [0.2, 0.25) is 0 Å². The minimum Gasteiger partial charge on any atom is -0.427 e. The van der Waals surface area contributed by atoms with E-state index in [-0.39, 0.29) is 0 Å². The van der Waals surface area contributed by atoms with Crippen molar-refractivity contribution in [1.82, 2.24) is 0 Å². The van der Waals surface area contributed by atoms with Gasteiger partial charge in [-0.2, -0.15) is 0 Å². The molecule has 0 N–H and O–H groups in total. The van der Waals surface area contributed by atoms with Crippen LogP contribution in [0.1, 0.15) is 25.0 Å². The standard InChI is InChI=1S/C13H20OSi/c1-5-11-6-8-12(9-7-11)10-13(2,3)15-14-4/h5-9H,1,10,15H2,2-4H3. The van der Waals surface area contributed by atoms with Crippen molar-refractivity contribution in [2.75, 3.05) is 7.11 Å². The normalized spacial score (nSPS) is 12.2. The van der Waals surface area contributed by atoms with Crippen molar-refractivity contribution in [1.29, 1.82) is 0 Å². The topological polar surface area (TPSA) is 9.23 Å². The van der Waals surface area contributed by atoms with Crippen molar-refractivity contribution in [3.63, 3.8) is 0 Å². The van der Waals surface area contributed by atoms with Crippen molar-refractivity contribution < 1.29 is 4.43 Å². The number of benzene rings is 1. The van der Waals surface area contributed by atoms with Gasteiger partial charge in [-0.3, -0.25) is 0 Å². The second-order valence-electron chi connectivity index (χ2n) is 4.72. The molecule has 0 saturated carbocycles. The summed E-state index contributed by atoms with van der Waals surface area (Å²) in [6.07, 6.45) is 2.98. The van der Waals surface area contributed by atoms with Gasteiger partial charge in [-0.25, -0.2) is 0 Å². The Bertz CT molecular complexity index is 314. The van der Waals surface area contributed by atoms with Crippen LogP contribution in [0.4, 0.5) is 0 Å². The predicted octanol–water partition coefficient (Wildman–Crippen LogP) is 2.80. The van der Waals surface area contributed by atoms with E-state index >= 15 is 0 Å². The van der Waals surface area contributed by atoms with E-state index in [1.807, 2.05) is 13.2 Å². The minimum atomic E-state index is -0.429. The van der Waals surface area contributed by atoms with Gasteiger partial charge in [0.1, 0.15) is 0 Å². The monoisotopic (exact) mass is 220 g/mol. The van der Waals surface area contributed by atoms with Crippen LogP contribution in [0.2, 0.25) is 5.04 Å². The number of rotatable bonds is 5. The van der Waals surface area contributed by atoms with Gasteiger partial charge in [-0.05, 0) is 22.6 Å². The van der Waals surface area contributed by atoms with Crippen molar-refractivity contribution in [3.05, 3.63) is 42.0 Å². The van der Waals surface area contributed by atoms with Gasteiger partial charge >= 0.3 is 0 Å². The molecule has 0 aliphatic heterocycles. The molecule has 0 fully saturated rings. The molecule has 0 bridgehead atoms. The first-order chi connectivity index (χ1) is 7.07. The Morgan fingerprint density at radius 2 is 1.93 bits per heavy atom. The quantitative estimate of drug-likeness (QED) is 0.693. The first kappa shape index (κ1) is 12.2. The third-order valence-electron chi connectivity index (χ3n) is 2.43. The molecule has 0 aliphatic rings. The second-order valence-corrected chi connectivity index (χ2v) is 7.50. The lowest BCUT2D eigenvalue weighted by atomic mass is 10.0. The van der Waals surface area contributed by atoms with Crippen molar-refractivity contribution >= 4 is 15.8 Å². The summed E-state index contributed by atoms with van der Waals surface area (Å²) in [7, 11) is 1.39. The summed E-state index contributed by atoms with van der Waals surface area (Å²) in [5.41, 5.74) is 2.57.